The van der Waals surface area contributed by atoms with Crippen molar-refractivity contribution in [2.45, 2.75) is 18.9 Å². The predicted molar refractivity (Wildman–Crippen MR) is 45.7 cm³/mol. The fourth-order valence-electron chi connectivity index (χ4n) is 1.38. The van der Waals surface area contributed by atoms with Gasteiger partial charge in [-0.2, -0.15) is 0 Å². The van der Waals surface area contributed by atoms with Crippen LogP contribution >= 0.6 is 0 Å². The van der Waals surface area contributed by atoms with Crippen molar-refractivity contribution in [1.82, 2.24) is 4.90 Å². The molecule has 0 bridgehead atoms. The SMILES string of the molecule is COCCN1CCC([NH-])CC1.[V]. The Balaban J connectivity index is 0.00000121. The molecule has 1 radical (unpaired) electrons. The summed E-state index contributed by atoms with van der Waals surface area (Å²) in [6.45, 7) is 4.01. The van der Waals surface area contributed by atoms with Crippen LogP contribution in [0.25, 0.3) is 5.73 Å². The number of ether oxygens (including phenoxy) is 1. The molecule has 0 spiro atoms. The second kappa shape index (κ2) is 6.92. The van der Waals surface area contributed by atoms with Crippen LogP contribution in [0.15, 0.2) is 0 Å². The Hall–Kier alpha value is 0.464. The third-order valence-corrected chi connectivity index (χ3v) is 2.20. The maximum atomic E-state index is 7.48. The van der Waals surface area contributed by atoms with Gasteiger partial charge in [0.1, 0.15) is 0 Å². The summed E-state index contributed by atoms with van der Waals surface area (Å²) >= 11 is 0. The molecule has 1 aliphatic heterocycles. The first-order valence-electron chi connectivity index (χ1n) is 4.25. The fraction of sp³-hybridized carbons (Fsp3) is 1.00. The Kier molecular flexibility index (Phi) is 7.19. The molecule has 0 atom stereocenters. The molecule has 1 N–H and O–H groups in total. The second-order valence-electron chi connectivity index (χ2n) is 3.11. The van der Waals surface area contributed by atoms with Crippen LogP contribution in [0.3, 0.4) is 0 Å². The van der Waals surface area contributed by atoms with Gasteiger partial charge in [0.05, 0.1) is 6.61 Å². The summed E-state index contributed by atoms with van der Waals surface area (Å²) in [6.07, 6.45) is 2.06. The van der Waals surface area contributed by atoms with Crippen molar-refractivity contribution in [3.63, 3.8) is 0 Å². The molecular formula is C8H17N2OV-. The summed E-state index contributed by atoms with van der Waals surface area (Å²) in [5.41, 5.74) is 7.48. The molecule has 12 heavy (non-hydrogen) atoms. The third kappa shape index (κ3) is 4.48. The minimum absolute atomic E-state index is 0. The van der Waals surface area contributed by atoms with Crippen LogP contribution in [0.4, 0.5) is 0 Å². The van der Waals surface area contributed by atoms with Crippen molar-refractivity contribution in [2.24, 2.45) is 0 Å². The van der Waals surface area contributed by atoms with Crippen molar-refractivity contribution in [2.75, 3.05) is 33.4 Å². The Morgan fingerprint density at radius 2 is 2.00 bits per heavy atom. The summed E-state index contributed by atoms with van der Waals surface area (Å²) in [5, 5.41) is 0. The van der Waals surface area contributed by atoms with Gasteiger partial charge in [-0.25, -0.2) is 0 Å². The van der Waals surface area contributed by atoms with Crippen LogP contribution in [0.2, 0.25) is 0 Å². The van der Waals surface area contributed by atoms with Gasteiger partial charge in [-0.1, -0.05) is 12.8 Å². The molecule has 0 unspecified atom stereocenters. The van der Waals surface area contributed by atoms with E-state index in [1.165, 1.54) is 0 Å². The largest absolute Gasteiger partial charge is 0.675 e. The molecule has 0 saturated carbocycles. The number of nitrogens with one attached hydrogen (secondary N) is 1. The molecule has 1 saturated heterocycles. The van der Waals surface area contributed by atoms with Crippen LogP contribution in [0.1, 0.15) is 12.8 Å². The molecular weight excluding hydrogens is 191 g/mol. The topological polar surface area (TPSA) is 36.3 Å². The Labute approximate surface area is 86.5 Å². The molecule has 3 nitrogen and oxygen atoms in total. The van der Waals surface area contributed by atoms with Crippen LogP contribution in [-0.4, -0.2) is 44.3 Å². The van der Waals surface area contributed by atoms with E-state index in [1.807, 2.05) is 0 Å². The van der Waals surface area contributed by atoms with Gasteiger partial charge in [-0.15, -0.1) is 6.04 Å². The summed E-state index contributed by atoms with van der Waals surface area (Å²) < 4.78 is 4.98. The number of nitrogens with zero attached hydrogens (tertiary/aromatic N) is 1. The number of rotatable bonds is 3. The van der Waals surface area contributed by atoms with Gasteiger partial charge in [-0.3, -0.25) is 0 Å². The molecule has 0 amide bonds. The molecule has 1 heterocycles. The van der Waals surface area contributed by atoms with Crippen molar-refractivity contribution in [3.05, 3.63) is 5.73 Å². The van der Waals surface area contributed by atoms with Gasteiger partial charge >= 0.3 is 0 Å². The first-order valence-corrected chi connectivity index (χ1v) is 4.25. The first-order chi connectivity index (χ1) is 5.33. The van der Waals surface area contributed by atoms with Crippen LogP contribution in [0.5, 0.6) is 0 Å². The molecule has 4 heteroatoms. The zero-order chi connectivity index (χ0) is 8.10. The fourth-order valence-corrected chi connectivity index (χ4v) is 1.38. The van der Waals surface area contributed by atoms with E-state index in [4.69, 9.17) is 10.5 Å². The van der Waals surface area contributed by atoms with E-state index in [2.05, 4.69) is 4.90 Å². The van der Waals surface area contributed by atoms with Crippen molar-refractivity contribution in [1.29, 1.82) is 0 Å². The summed E-state index contributed by atoms with van der Waals surface area (Å²) in [4.78, 5) is 2.37. The average Bonchev–Trinajstić information content (AvgIpc) is 2.04. The average molecular weight is 208 g/mol. The van der Waals surface area contributed by atoms with Crippen LogP contribution in [0, 0.1) is 0 Å². The second-order valence-corrected chi connectivity index (χ2v) is 3.11. The summed E-state index contributed by atoms with van der Waals surface area (Å²) in [7, 11) is 1.73. The van der Waals surface area contributed by atoms with Gasteiger partial charge < -0.3 is 15.4 Å². The van der Waals surface area contributed by atoms with Gasteiger partial charge in [0, 0.05) is 32.2 Å². The zero-order valence-electron chi connectivity index (χ0n) is 7.62. The molecule has 71 valence electrons. The minimum Gasteiger partial charge on any atom is -0.675 e. The van der Waals surface area contributed by atoms with Gasteiger partial charge in [0.2, 0.25) is 0 Å². The first kappa shape index (κ1) is 12.5. The molecule has 1 fully saturated rings. The van der Waals surface area contributed by atoms with E-state index >= 15 is 0 Å². The quantitative estimate of drug-likeness (QED) is 0.697. The number of hydrogen-bond donors (Lipinski definition) is 0. The van der Waals surface area contributed by atoms with Crippen LogP contribution < -0.4 is 0 Å². The van der Waals surface area contributed by atoms with Crippen molar-refractivity contribution < 1.29 is 23.3 Å². The van der Waals surface area contributed by atoms with Crippen molar-refractivity contribution >= 4 is 0 Å². The van der Waals surface area contributed by atoms with E-state index < -0.39 is 0 Å². The van der Waals surface area contributed by atoms with E-state index in [0.29, 0.717) is 0 Å². The normalized spacial score (nSPS) is 20.5. The summed E-state index contributed by atoms with van der Waals surface area (Å²) in [5.74, 6) is 0. The number of hydrogen-bond acceptors (Lipinski definition) is 2. The molecule has 1 rings (SSSR count). The van der Waals surface area contributed by atoms with Crippen molar-refractivity contribution in [3.8, 4) is 0 Å². The number of piperidine rings is 1. The number of likely N-dealkylation sites (tertiary alicyclic amines) is 1. The molecule has 0 aromatic heterocycles. The van der Waals surface area contributed by atoms with Gasteiger partial charge in [0.15, 0.2) is 0 Å². The van der Waals surface area contributed by atoms with E-state index in [-0.39, 0.29) is 24.6 Å². The number of methoxy groups -OCH3 is 1. The molecule has 0 aromatic carbocycles. The molecule has 1 aliphatic rings. The maximum Gasteiger partial charge on any atom is 0.0589 e. The Morgan fingerprint density at radius 3 is 2.50 bits per heavy atom. The smallest absolute Gasteiger partial charge is 0.0589 e. The predicted octanol–water partition coefficient (Wildman–Crippen LogP) is 1.15. The van der Waals surface area contributed by atoms with E-state index in [9.17, 15) is 0 Å². The standard InChI is InChI=1S/C8H17N2O.V/c1-11-7-6-10-4-2-8(9)3-5-10;/h8-9H,2-7H2,1H3;/q-1;. The maximum absolute atomic E-state index is 7.48. The van der Waals surface area contributed by atoms with E-state index in [0.717, 1.165) is 39.1 Å². The zero-order valence-corrected chi connectivity index (χ0v) is 9.02. The van der Waals surface area contributed by atoms with Gasteiger partial charge in [-0.05, 0) is 13.1 Å². The molecule has 0 aliphatic carbocycles. The third-order valence-electron chi connectivity index (χ3n) is 2.20. The Morgan fingerprint density at radius 1 is 1.42 bits per heavy atom. The minimum atomic E-state index is 0. The Bertz CT molecular complexity index is 102. The van der Waals surface area contributed by atoms with Gasteiger partial charge in [0.25, 0.3) is 0 Å². The van der Waals surface area contributed by atoms with E-state index in [1.54, 1.807) is 7.11 Å². The molecule has 0 aromatic rings. The van der Waals surface area contributed by atoms with Crippen LogP contribution in [-0.2, 0) is 23.3 Å². The monoisotopic (exact) mass is 208 g/mol. The summed E-state index contributed by atoms with van der Waals surface area (Å²) in [6, 6.07) is 0.189.